The number of para-hydroxylation sites is 2. The number of nitrogens with zero attached hydrogens (tertiary/aromatic N) is 1. The van der Waals surface area contributed by atoms with Crippen LogP contribution in [0.3, 0.4) is 0 Å². The Morgan fingerprint density at radius 2 is 1.84 bits per heavy atom. The number of nitrogens with one attached hydrogen (secondary N) is 3. The predicted octanol–water partition coefficient (Wildman–Crippen LogP) is 4.23. The SMILES string of the molecule is Cc1ccc(S(=O)(=O)NC2CC2)cc1C(=O)Nc1cccc(-c2nc3ccccc3[nH]2)c1. The van der Waals surface area contributed by atoms with Crippen molar-refractivity contribution in [3.05, 3.63) is 77.9 Å². The summed E-state index contributed by atoms with van der Waals surface area (Å²) in [6.45, 7) is 1.78. The van der Waals surface area contributed by atoms with Gasteiger partial charge in [0.15, 0.2) is 0 Å². The van der Waals surface area contributed by atoms with Crippen LogP contribution >= 0.6 is 0 Å². The lowest BCUT2D eigenvalue weighted by atomic mass is 10.1. The molecule has 1 heterocycles. The molecule has 7 nitrogen and oxygen atoms in total. The number of benzene rings is 3. The number of hydrogen-bond donors (Lipinski definition) is 3. The molecule has 0 radical (unpaired) electrons. The molecule has 32 heavy (non-hydrogen) atoms. The molecule has 0 unspecified atom stereocenters. The van der Waals surface area contributed by atoms with Gasteiger partial charge in [0, 0.05) is 22.9 Å². The Morgan fingerprint density at radius 3 is 2.62 bits per heavy atom. The number of hydrogen-bond acceptors (Lipinski definition) is 4. The van der Waals surface area contributed by atoms with Crippen molar-refractivity contribution in [2.75, 3.05) is 5.32 Å². The number of H-pyrrole nitrogens is 1. The second-order valence-electron chi connectivity index (χ2n) is 8.01. The first-order valence-corrected chi connectivity index (χ1v) is 11.9. The number of fused-ring (bicyclic) bond motifs is 1. The van der Waals surface area contributed by atoms with Crippen LogP contribution in [0.1, 0.15) is 28.8 Å². The van der Waals surface area contributed by atoms with Crippen molar-refractivity contribution in [3.63, 3.8) is 0 Å². The predicted molar refractivity (Wildman–Crippen MR) is 124 cm³/mol. The third-order valence-corrected chi connectivity index (χ3v) is 6.96. The van der Waals surface area contributed by atoms with Crippen LogP contribution in [0.5, 0.6) is 0 Å². The summed E-state index contributed by atoms with van der Waals surface area (Å²) in [5.41, 5.74) is 4.24. The zero-order chi connectivity index (χ0) is 22.3. The van der Waals surface area contributed by atoms with Gasteiger partial charge in [-0.05, 0) is 61.7 Å². The fourth-order valence-corrected chi connectivity index (χ4v) is 4.86. The lowest BCUT2D eigenvalue weighted by molar-refractivity contribution is 0.102. The summed E-state index contributed by atoms with van der Waals surface area (Å²) >= 11 is 0. The minimum absolute atomic E-state index is 0.000399. The summed E-state index contributed by atoms with van der Waals surface area (Å²) in [5, 5.41) is 2.88. The molecule has 0 bridgehead atoms. The van der Waals surface area contributed by atoms with Crippen LogP contribution in [0.4, 0.5) is 5.69 Å². The van der Waals surface area contributed by atoms with Crippen LogP contribution in [-0.4, -0.2) is 30.3 Å². The zero-order valence-corrected chi connectivity index (χ0v) is 18.2. The first kappa shape index (κ1) is 20.4. The van der Waals surface area contributed by atoms with E-state index in [1.165, 1.54) is 12.1 Å². The number of carbonyl (C=O) groups is 1. The van der Waals surface area contributed by atoms with Crippen LogP contribution in [-0.2, 0) is 10.0 Å². The smallest absolute Gasteiger partial charge is 0.255 e. The average molecular weight is 447 g/mol. The van der Waals surface area contributed by atoms with Crippen molar-refractivity contribution in [3.8, 4) is 11.4 Å². The van der Waals surface area contributed by atoms with Gasteiger partial charge in [-0.2, -0.15) is 0 Å². The Kier molecular flexibility index (Phi) is 5.03. The second-order valence-corrected chi connectivity index (χ2v) is 9.72. The molecule has 0 spiro atoms. The minimum Gasteiger partial charge on any atom is -0.338 e. The Bertz CT molecular complexity index is 1410. The maximum absolute atomic E-state index is 13.0. The summed E-state index contributed by atoms with van der Waals surface area (Å²) in [4.78, 5) is 21.0. The van der Waals surface area contributed by atoms with E-state index < -0.39 is 10.0 Å². The topological polar surface area (TPSA) is 104 Å². The van der Waals surface area contributed by atoms with E-state index in [1.54, 1.807) is 19.1 Å². The molecule has 0 saturated heterocycles. The van der Waals surface area contributed by atoms with Crippen molar-refractivity contribution >= 4 is 32.7 Å². The Labute approximate surface area is 185 Å². The van der Waals surface area contributed by atoms with E-state index in [0.717, 1.165) is 29.4 Å². The summed E-state index contributed by atoms with van der Waals surface area (Å²) in [7, 11) is -3.64. The Balaban J connectivity index is 1.40. The third-order valence-electron chi connectivity index (χ3n) is 5.45. The summed E-state index contributed by atoms with van der Waals surface area (Å²) in [5.74, 6) is 0.338. The number of rotatable bonds is 6. The molecule has 4 aromatic rings. The molecule has 5 rings (SSSR count). The fourth-order valence-electron chi connectivity index (χ4n) is 3.53. The van der Waals surface area contributed by atoms with Gasteiger partial charge in [-0.3, -0.25) is 4.79 Å². The van der Waals surface area contributed by atoms with E-state index >= 15 is 0 Å². The zero-order valence-electron chi connectivity index (χ0n) is 17.4. The highest BCUT2D eigenvalue weighted by molar-refractivity contribution is 7.89. The first-order chi connectivity index (χ1) is 15.4. The molecule has 0 aliphatic heterocycles. The van der Waals surface area contributed by atoms with Crippen molar-refractivity contribution < 1.29 is 13.2 Å². The Morgan fingerprint density at radius 1 is 1.03 bits per heavy atom. The van der Waals surface area contributed by atoms with E-state index in [-0.39, 0.29) is 16.8 Å². The average Bonchev–Trinajstić information content (AvgIpc) is 3.46. The van der Waals surface area contributed by atoms with Gasteiger partial charge in [0.05, 0.1) is 15.9 Å². The number of anilines is 1. The first-order valence-electron chi connectivity index (χ1n) is 10.4. The highest BCUT2D eigenvalue weighted by Crippen LogP contribution is 2.25. The molecule has 3 N–H and O–H groups in total. The number of carbonyl (C=O) groups excluding carboxylic acids is 1. The van der Waals surface area contributed by atoms with Crippen molar-refractivity contribution in [1.29, 1.82) is 0 Å². The molecule has 1 saturated carbocycles. The maximum atomic E-state index is 13.0. The number of sulfonamides is 1. The van der Waals surface area contributed by atoms with Gasteiger partial charge in [-0.15, -0.1) is 0 Å². The number of imidazole rings is 1. The molecular formula is C24H22N4O3S. The van der Waals surface area contributed by atoms with E-state index in [2.05, 4.69) is 20.0 Å². The lowest BCUT2D eigenvalue weighted by Gasteiger charge is -2.11. The van der Waals surface area contributed by atoms with Crippen molar-refractivity contribution in [2.45, 2.75) is 30.7 Å². The minimum atomic E-state index is -3.64. The van der Waals surface area contributed by atoms with Crippen LogP contribution in [0.25, 0.3) is 22.4 Å². The molecular weight excluding hydrogens is 424 g/mol. The molecule has 8 heteroatoms. The fraction of sp³-hybridized carbons (Fsp3) is 0.167. The second kappa shape index (κ2) is 7.89. The molecule has 1 aromatic heterocycles. The third kappa shape index (κ3) is 4.15. The highest BCUT2D eigenvalue weighted by atomic mass is 32.2. The standard InChI is InChI=1S/C24H22N4O3S/c1-15-9-12-19(32(30,31)28-17-10-11-17)14-20(15)24(29)25-18-6-4-5-16(13-18)23-26-21-7-2-3-8-22(21)27-23/h2-9,12-14,17,28H,10-11H2,1H3,(H,25,29)(H,26,27). The summed E-state index contributed by atoms with van der Waals surface area (Å²) < 4.78 is 27.7. The molecule has 3 aromatic carbocycles. The van der Waals surface area contributed by atoms with Gasteiger partial charge in [-0.1, -0.05) is 30.3 Å². The van der Waals surface area contributed by atoms with Gasteiger partial charge in [0.2, 0.25) is 10.0 Å². The van der Waals surface area contributed by atoms with Crippen LogP contribution in [0.15, 0.2) is 71.6 Å². The number of aromatic amines is 1. The molecule has 0 atom stereocenters. The number of aryl methyl sites for hydroxylation is 1. The van der Waals surface area contributed by atoms with E-state index in [4.69, 9.17) is 0 Å². The van der Waals surface area contributed by atoms with Crippen molar-refractivity contribution in [1.82, 2.24) is 14.7 Å². The van der Waals surface area contributed by atoms with Gasteiger partial charge in [-0.25, -0.2) is 18.1 Å². The Hall–Kier alpha value is -3.49. The van der Waals surface area contributed by atoms with E-state index in [0.29, 0.717) is 22.6 Å². The van der Waals surface area contributed by atoms with E-state index in [9.17, 15) is 13.2 Å². The summed E-state index contributed by atoms with van der Waals surface area (Å²) in [6.07, 6.45) is 1.69. The summed E-state index contributed by atoms with van der Waals surface area (Å²) in [6, 6.07) is 19.7. The maximum Gasteiger partial charge on any atom is 0.255 e. The van der Waals surface area contributed by atoms with Crippen LogP contribution in [0.2, 0.25) is 0 Å². The van der Waals surface area contributed by atoms with E-state index in [1.807, 2.05) is 42.5 Å². The van der Waals surface area contributed by atoms with Gasteiger partial charge in [0.1, 0.15) is 5.82 Å². The molecule has 1 amide bonds. The lowest BCUT2D eigenvalue weighted by Crippen LogP contribution is -2.26. The quantitative estimate of drug-likeness (QED) is 0.412. The number of amides is 1. The van der Waals surface area contributed by atoms with Crippen LogP contribution < -0.4 is 10.0 Å². The normalized spacial score (nSPS) is 13.9. The monoisotopic (exact) mass is 446 g/mol. The molecule has 162 valence electrons. The van der Waals surface area contributed by atoms with Gasteiger partial charge >= 0.3 is 0 Å². The molecule has 1 fully saturated rings. The highest BCUT2D eigenvalue weighted by Gasteiger charge is 2.28. The van der Waals surface area contributed by atoms with Gasteiger partial charge < -0.3 is 10.3 Å². The van der Waals surface area contributed by atoms with Gasteiger partial charge in [0.25, 0.3) is 5.91 Å². The molecule has 1 aliphatic rings. The largest absolute Gasteiger partial charge is 0.338 e. The molecule has 1 aliphatic carbocycles. The number of aromatic nitrogens is 2. The van der Waals surface area contributed by atoms with Crippen LogP contribution in [0, 0.1) is 6.92 Å². The van der Waals surface area contributed by atoms with Crippen molar-refractivity contribution in [2.24, 2.45) is 0 Å².